The number of carbonyl (C=O) groups excluding carboxylic acids is 2. The molecular weight excluding hydrogens is 472 g/mol. The topological polar surface area (TPSA) is 109 Å². The number of carbonyl (C=O) groups is 2. The summed E-state index contributed by atoms with van der Waals surface area (Å²) >= 11 is 0. The van der Waals surface area contributed by atoms with E-state index in [1.165, 1.54) is 4.90 Å². The second kappa shape index (κ2) is 10.1. The monoisotopic (exact) mass is 496 g/mol. The van der Waals surface area contributed by atoms with Crippen LogP contribution in [0, 0.1) is 11.3 Å². The quantitative estimate of drug-likeness (QED) is 0.298. The molecule has 5 rings (SSSR count). The van der Waals surface area contributed by atoms with Gasteiger partial charge in [0.25, 0.3) is 11.7 Å². The maximum atomic E-state index is 13.4. The molecule has 0 saturated carbocycles. The van der Waals surface area contributed by atoms with Gasteiger partial charge in [-0.15, -0.1) is 0 Å². The minimum Gasteiger partial charge on any atom is -0.507 e. The van der Waals surface area contributed by atoms with Crippen molar-refractivity contribution in [3.8, 4) is 23.3 Å². The molecule has 1 atom stereocenters. The van der Waals surface area contributed by atoms with Crippen LogP contribution in [0.1, 0.15) is 36.1 Å². The van der Waals surface area contributed by atoms with Gasteiger partial charge >= 0.3 is 0 Å². The van der Waals surface area contributed by atoms with Crippen molar-refractivity contribution in [3.05, 3.63) is 89.0 Å². The Morgan fingerprint density at radius 2 is 1.81 bits per heavy atom. The Labute approximate surface area is 213 Å². The number of anilines is 1. The normalized spacial score (nSPS) is 17.9. The Bertz CT molecular complexity index is 1440. The number of fused-ring (bicyclic) bond motifs is 1. The summed E-state index contributed by atoms with van der Waals surface area (Å²) in [6.45, 7) is 3.29. The average molecular weight is 497 g/mol. The lowest BCUT2D eigenvalue weighted by atomic mass is 9.94. The molecule has 1 unspecified atom stereocenters. The first-order valence-electron chi connectivity index (χ1n) is 12.0. The molecule has 1 amide bonds. The number of benzene rings is 3. The second-order valence-corrected chi connectivity index (χ2v) is 8.61. The van der Waals surface area contributed by atoms with Crippen LogP contribution in [0.3, 0.4) is 0 Å². The molecule has 37 heavy (non-hydrogen) atoms. The largest absolute Gasteiger partial charge is 0.507 e. The molecule has 2 heterocycles. The van der Waals surface area contributed by atoms with Crippen LogP contribution in [0.15, 0.2) is 72.3 Å². The van der Waals surface area contributed by atoms with E-state index in [1.54, 1.807) is 66.7 Å². The van der Waals surface area contributed by atoms with E-state index in [0.29, 0.717) is 59.4 Å². The molecule has 8 nitrogen and oxygen atoms in total. The molecular formula is C29H24N2O6. The number of ketones is 1. The third kappa shape index (κ3) is 4.47. The second-order valence-electron chi connectivity index (χ2n) is 8.61. The third-order valence-corrected chi connectivity index (χ3v) is 6.18. The number of hydrogen-bond donors (Lipinski definition) is 1. The van der Waals surface area contributed by atoms with Crippen molar-refractivity contribution in [2.45, 2.75) is 19.4 Å². The van der Waals surface area contributed by atoms with Gasteiger partial charge in [-0.05, 0) is 66.6 Å². The fraction of sp³-hybridized carbons (Fsp3) is 0.207. The molecule has 8 heteroatoms. The standard InChI is InChI=1S/C29H24N2O6/c1-2-12-35-22-5-3-4-19(15-22)26-25(27(32)20-8-11-23-24(16-20)37-14-13-36-23)28(33)29(34)31(26)21-9-6-18(17-30)7-10-21/h3-11,15-16,26,32H,2,12-14H2,1H3/b27-25-. The fourth-order valence-electron chi connectivity index (χ4n) is 4.45. The molecule has 0 radical (unpaired) electrons. The lowest BCUT2D eigenvalue weighted by Crippen LogP contribution is -2.29. The Kier molecular flexibility index (Phi) is 6.52. The highest BCUT2D eigenvalue weighted by molar-refractivity contribution is 6.51. The first kappa shape index (κ1) is 23.9. The zero-order valence-electron chi connectivity index (χ0n) is 20.1. The van der Waals surface area contributed by atoms with Crippen molar-refractivity contribution in [1.82, 2.24) is 0 Å². The number of amides is 1. The van der Waals surface area contributed by atoms with E-state index in [2.05, 4.69) is 0 Å². The van der Waals surface area contributed by atoms with Crippen LogP contribution in [-0.2, 0) is 9.59 Å². The SMILES string of the molecule is CCCOc1cccc(C2/C(=C(/O)c3ccc4c(c3)OCCO4)C(=O)C(=O)N2c2ccc(C#N)cc2)c1. The molecule has 3 aromatic carbocycles. The van der Waals surface area contributed by atoms with E-state index in [0.717, 1.165) is 6.42 Å². The van der Waals surface area contributed by atoms with Gasteiger partial charge < -0.3 is 19.3 Å². The number of nitriles is 1. The predicted molar refractivity (Wildman–Crippen MR) is 136 cm³/mol. The Balaban J connectivity index is 1.67. The maximum Gasteiger partial charge on any atom is 0.300 e. The summed E-state index contributed by atoms with van der Waals surface area (Å²) in [6.07, 6.45) is 0.818. The molecule has 0 bridgehead atoms. The van der Waals surface area contributed by atoms with Gasteiger partial charge in [0.05, 0.1) is 29.9 Å². The van der Waals surface area contributed by atoms with Gasteiger partial charge in [0.15, 0.2) is 11.5 Å². The van der Waals surface area contributed by atoms with Gasteiger partial charge in [0, 0.05) is 11.3 Å². The highest BCUT2D eigenvalue weighted by Gasteiger charge is 2.47. The highest BCUT2D eigenvalue weighted by Crippen LogP contribution is 2.43. The zero-order valence-corrected chi connectivity index (χ0v) is 20.1. The molecule has 0 aliphatic carbocycles. The highest BCUT2D eigenvalue weighted by atomic mass is 16.6. The zero-order chi connectivity index (χ0) is 25.9. The molecule has 3 aromatic rings. The van der Waals surface area contributed by atoms with Crippen LogP contribution in [0.2, 0.25) is 0 Å². The minimum absolute atomic E-state index is 0.0568. The van der Waals surface area contributed by atoms with Gasteiger partial charge in [-0.1, -0.05) is 19.1 Å². The number of aliphatic hydroxyl groups excluding tert-OH is 1. The van der Waals surface area contributed by atoms with Crippen LogP contribution in [-0.4, -0.2) is 36.6 Å². The summed E-state index contributed by atoms with van der Waals surface area (Å²) < 4.78 is 17.0. The lowest BCUT2D eigenvalue weighted by molar-refractivity contribution is -0.132. The Hall–Kier alpha value is -4.77. The molecule has 2 aliphatic rings. The van der Waals surface area contributed by atoms with Crippen molar-refractivity contribution >= 4 is 23.1 Å². The van der Waals surface area contributed by atoms with Crippen molar-refractivity contribution in [2.24, 2.45) is 0 Å². The summed E-state index contributed by atoms with van der Waals surface area (Å²) in [4.78, 5) is 28.1. The Morgan fingerprint density at radius 3 is 2.54 bits per heavy atom. The fourth-order valence-corrected chi connectivity index (χ4v) is 4.45. The van der Waals surface area contributed by atoms with Gasteiger partial charge in [-0.2, -0.15) is 5.26 Å². The van der Waals surface area contributed by atoms with E-state index in [1.807, 2.05) is 13.0 Å². The molecule has 1 fully saturated rings. The van der Waals surface area contributed by atoms with Gasteiger partial charge in [0.2, 0.25) is 0 Å². The number of nitrogens with zero attached hydrogens (tertiary/aromatic N) is 2. The number of aliphatic hydroxyl groups is 1. The van der Waals surface area contributed by atoms with E-state index >= 15 is 0 Å². The van der Waals surface area contributed by atoms with Crippen LogP contribution >= 0.6 is 0 Å². The maximum absolute atomic E-state index is 13.4. The summed E-state index contributed by atoms with van der Waals surface area (Å²) in [5.41, 5.74) is 1.70. The van der Waals surface area contributed by atoms with Crippen molar-refractivity contribution < 1.29 is 28.9 Å². The van der Waals surface area contributed by atoms with Crippen LogP contribution in [0.4, 0.5) is 5.69 Å². The van der Waals surface area contributed by atoms with Gasteiger partial charge in [-0.3, -0.25) is 14.5 Å². The van der Waals surface area contributed by atoms with E-state index < -0.39 is 17.7 Å². The first-order valence-corrected chi connectivity index (χ1v) is 12.0. The van der Waals surface area contributed by atoms with Gasteiger partial charge in [-0.25, -0.2) is 0 Å². The van der Waals surface area contributed by atoms with Crippen molar-refractivity contribution in [2.75, 3.05) is 24.7 Å². The molecule has 1 saturated heterocycles. The smallest absolute Gasteiger partial charge is 0.300 e. The van der Waals surface area contributed by atoms with E-state index in [9.17, 15) is 20.0 Å². The lowest BCUT2D eigenvalue weighted by Gasteiger charge is -2.26. The molecule has 1 N–H and O–H groups in total. The van der Waals surface area contributed by atoms with Crippen LogP contribution < -0.4 is 19.1 Å². The summed E-state index contributed by atoms with van der Waals surface area (Å²) in [5.74, 6) is -0.350. The predicted octanol–water partition coefficient (Wildman–Crippen LogP) is 4.74. The van der Waals surface area contributed by atoms with Crippen molar-refractivity contribution in [1.29, 1.82) is 5.26 Å². The van der Waals surface area contributed by atoms with Crippen molar-refractivity contribution in [3.63, 3.8) is 0 Å². The number of Topliss-reactive ketones (excluding diaryl/α,β-unsaturated/α-hetero) is 1. The van der Waals surface area contributed by atoms with Crippen LogP contribution in [0.5, 0.6) is 17.2 Å². The van der Waals surface area contributed by atoms with Gasteiger partial charge in [0.1, 0.15) is 24.7 Å². The molecule has 0 spiro atoms. The molecule has 186 valence electrons. The number of hydrogen-bond acceptors (Lipinski definition) is 7. The first-order chi connectivity index (χ1) is 18.0. The summed E-state index contributed by atoms with van der Waals surface area (Å²) in [6, 6.07) is 19.5. The number of ether oxygens (including phenoxy) is 3. The average Bonchev–Trinajstić information content (AvgIpc) is 3.21. The third-order valence-electron chi connectivity index (χ3n) is 6.18. The minimum atomic E-state index is -0.925. The number of rotatable bonds is 6. The van der Waals surface area contributed by atoms with E-state index in [4.69, 9.17) is 14.2 Å². The molecule has 0 aromatic heterocycles. The summed E-state index contributed by atoms with van der Waals surface area (Å²) in [7, 11) is 0. The summed E-state index contributed by atoms with van der Waals surface area (Å²) in [5, 5.41) is 20.6. The van der Waals surface area contributed by atoms with Crippen LogP contribution in [0.25, 0.3) is 5.76 Å². The molecule has 2 aliphatic heterocycles. The van der Waals surface area contributed by atoms with E-state index in [-0.39, 0.29) is 11.3 Å². The Morgan fingerprint density at radius 1 is 1.05 bits per heavy atom.